The summed E-state index contributed by atoms with van der Waals surface area (Å²) in [5.74, 6) is -0.237. The Labute approximate surface area is 130 Å². The minimum absolute atomic E-state index is 0.200. The molecular formula is C13H10Cl3N3O. The summed E-state index contributed by atoms with van der Waals surface area (Å²) in [7, 11) is 0. The van der Waals surface area contributed by atoms with Crippen molar-refractivity contribution in [2.75, 3.05) is 11.1 Å². The van der Waals surface area contributed by atoms with E-state index in [1.807, 2.05) is 6.92 Å². The number of nitrogens with one attached hydrogen (secondary N) is 1. The summed E-state index contributed by atoms with van der Waals surface area (Å²) in [4.78, 5) is 15.9. The van der Waals surface area contributed by atoms with Gasteiger partial charge >= 0.3 is 0 Å². The van der Waals surface area contributed by atoms with Crippen LogP contribution in [0.2, 0.25) is 15.1 Å². The molecule has 20 heavy (non-hydrogen) atoms. The van der Waals surface area contributed by atoms with Gasteiger partial charge < -0.3 is 11.1 Å². The fraction of sp³-hybridized carbons (Fsp3) is 0.0769. The highest BCUT2D eigenvalue weighted by Crippen LogP contribution is 2.29. The van der Waals surface area contributed by atoms with Crippen LogP contribution in [0.1, 0.15) is 15.9 Å². The zero-order valence-electron chi connectivity index (χ0n) is 10.4. The van der Waals surface area contributed by atoms with Crippen molar-refractivity contribution in [2.24, 2.45) is 0 Å². The molecule has 1 aromatic carbocycles. The summed E-state index contributed by atoms with van der Waals surface area (Å²) in [6.45, 7) is 1.82. The van der Waals surface area contributed by atoms with Gasteiger partial charge in [-0.05, 0) is 30.7 Å². The number of hydrogen-bond acceptors (Lipinski definition) is 3. The van der Waals surface area contributed by atoms with E-state index in [0.717, 1.165) is 5.56 Å². The fourth-order valence-electron chi connectivity index (χ4n) is 1.56. The van der Waals surface area contributed by atoms with Crippen LogP contribution >= 0.6 is 34.8 Å². The molecule has 1 aromatic heterocycles. The second-order valence-corrected chi connectivity index (χ2v) is 5.35. The molecule has 0 aliphatic carbocycles. The molecule has 1 heterocycles. The molecule has 0 bridgehead atoms. The number of benzene rings is 1. The SMILES string of the molecule is Cc1cc(Cl)c(NC(=O)c2cc(N)ncc2Cl)cc1Cl. The second-order valence-electron chi connectivity index (χ2n) is 4.12. The van der Waals surface area contributed by atoms with Crippen LogP contribution in [0.5, 0.6) is 0 Å². The second kappa shape index (κ2) is 5.87. The van der Waals surface area contributed by atoms with Gasteiger partial charge in [-0.1, -0.05) is 34.8 Å². The zero-order chi connectivity index (χ0) is 14.9. The number of amides is 1. The number of carbonyl (C=O) groups excluding carboxylic acids is 1. The van der Waals surface area contributed by atoms with E-state index in [1.54, 1.807) is 12.1 Å². The third-order valence-electron chi connectivity index (χ3n) is 2.62. The lowest BCUT2D eigenvalue weighted by molar-refractivity contribution is 0.102. The number of anilines is 2. The fourth-order valence-corrected chi connectivity index (χ4v) is 2.18. The molecule has 0 spiro atoms. The topological polar surface area (TPSA) is 68.0 Å². The molecule has 104 valence electrons. The van der Waals surface area contributed by atoms with Crippen molar-refractivity contribution >= 4 is 52.2 Å². The van der Waals surface area contributed by atoms with E-state index in [0.29, 0.717) is 15.7 Å². The van der Waals surface area contributed by atoms with E-state index in [-0.39, 0.29) is 16.4 Å². The molecule has 0 unspecified atom stereocenters. The first-order valence-corrected chi connectivity index (χ1v) is 6.70. The number of halogens is 3. The standard InChI is InChI=1S/C13H10Cl3N3O/c1-6-2-9(15)11(4-8(6)14)19-13(20)7-3-12(17)18-5-10(7)16/h2-5H,1H3,(H2,17,18)(H,19,20). The maximum absolute atomic E-state index is 12.2. The van der Waals surface area contributed by atoms with Gasteiger partial charge in [0.15, 0.2) is 0 Å². The number of carbonyl (C=O) groups is 1. The van der Waals surface area contributed by atoms with Crippen molar-refractivity contribution < 1.29 is 4.79 Å². The molecule has 0 radical (unpaired) electrons. The number of aryl methyl sites for hydroxylation is 1. The van der Waals surface area contributed by atoms with Crippen LogP contribution in [-0.4, -0.2) is 10.9 Å². The number of aromatic nitrogens is 1. The third-order valence-corrected chi connectivity index (χ3v) is 3.64. The molecule has 2 rings (SSSR count). The molecule has 0 aliphatic rings. The molecule has 0 saturated carbocycles. The average Bonchev–Trinajstić information content (AvgIpc) is 2.38. The van der Waals surface area contributed by atoms with Crippen LogP contribution in [0, 0.1) is 6.92 Å². The van der Waals surface area contributed by atoms with Crippen LogP contribution in [0.25, 0.3) is 0 Å². The van der Waals surface area contributed by atoms with Crippen molar-refractivity contribution in [3.63, 3.8) is 0 Å². The Kier molecular flexibility index (Phi) is 4.38. The quantitative estimate of drug-likeness (QED) is 0.867. The minimum Gasteiger partial charge on any atom is -0.384 e. The molecule has 0 fully saturated rings. The maximum Gasteiger partial charge on any atom is 0.257 e. The summed E-state index contributed by atoms with van der Waals surface area (Å²) < 4.78 is 0. The van der Waals surface area contributed by atoms with E-state index >= 15 is 0 Å². The van der Waals surface area contributed by atoms with E-state index < -0.39 is 5.91 Å². The molecule has 1 amide bonds. The predicted molar refractivity (Wildman–Crippen MR) is 82.8 cm³/mol. The lowest BCUT2D eigenvalue weighted by Gasteiger charge is -2.10. The molecule has 0 saturated heterocycles. The van der Waals surface area contributed by atoms with Gasteiger partial charge in [-0.2, -0.15) is 0 Å². The first-order chi connectivity index (χ1) is 9.38. The van der Waals surface area contributed by atoms with Crippen LogP contribution < -0.4 is 11.1 Å². The largest absolute Gasteiger partial charge is 0.384 e. The molecule has 0 atom stereocenters. The van der Waals surface area contributed by atoms with Crippen molar-refractivity contribution in [3.05, 3.63) is 50.6 Å². The molecule has 2 aromatic rings. The minimum atomic E-state index is -0.439. The molecule has 3 N–H and O–H groups in total. The summed E-state index contributed by atoms with van der Waals surface area (Å²) >= 11 is 18.0. The Morgan fingerprint density at radius 3 is 2.55 bits per heavy atom. The van der Waals surface area contributed by atoms with Crippen molar-refractivity contribution in [3.8, 4) is 0 Å². The normalized spacial score (nSPS) is 10.4. The van der Waals surface area contributed by atoms with E-state index in [4.69, 9.17) is 40.5 Å². The van der Waals surface area contributed by atoms with Crippen molar-refractivity contribution in [1.82, 2.24) is 4.98 Å². The van der Waals surface area contributed by atoms with Crippen LogP contribution in [-0.2, 0) is 0 Å². The monoisotopic (exact) mass is 329 g/mol. The Hall–Kier alpha value is -1.49. The summed E-state index contributed by atoms with van der Waals surface area (Å²) in [5, 5.41) is 3.73. The number of nitrogens with zero attached hydrogens (tertiary/aromatic N) is 1. The Morgan fingerprint density at radius 1 is 1.15 bits per heavy atom. The lowest BCUT2D eigenvalue weighted by Crippen LogP contribution is -2.13. The van der Waals surface area contributed by atoms with E-state index in [1.165, 1.54) is 12.3 Å². The van der Waals surface area contributed by atoms with Crippen LogP contribution in [0.3, 0.4) is 0 Å². The van der Waals surface area contributed by atoms with Crippen LogP contribution in [0.4, 0.5) is 11.5 Å². The van der Waals surface area contributed by atoms with Gasteiger partial charge in [-0.3, -0.25) is 4.79 Å². The van der Waals surface area contributed by atoms with Gasteiger partial charge in [0.2, 0.25) is 0 Å². The Balaban J connectivity index is 2.32. The maximum atomic E-state index is 12.2. The van der Waals surface area contributed by atoms with Gasteiger partial charge in [0.05, 0.1) is 21.3 Å². The highest BCUT2D eigenvalue weighted by Gasteiger charge is 2.14. The number of hydrogen-bond donors (Lipinski definition) is 2. The van der Waals surface area contributed by atoms with Crippen molar-refractivity contribution in [2.45, 2.75) is 6.92 Å². The summed E-state index contributed by atoms with van der Waals surface area (Å²) in [6, 6.07) is 4.64. The van der Waals surface area contributed by atoms with E-state index in [9.17, 15) is 4.79 Å². The van der Waals surface area contributed by atoms with Crippen LogP contribution in [0.15, 0.2) is 24.4 Å². The number of nitrogen functional groups attached to an aromatic ring is 1. The summed E-state index contributed by atoms with van der Waals surface area (Å²) in [5.41, 5.74) is 6.97. The first kappa shape index (κ1) is 14.9. The summed E-state index contributed by atoms with van der Waals surface area (Å²) in [6.07, 6.45) is 1.32. The first-order valence-electron chi connectivity index (χ1n) is 5.56. The van der Waals surface area contributed by atoms with Gasteiger partial charge in [0.25, 0.3) is 5.91 Å². The predicted octanol–water partition coefficient (Wildman–Crippen LogP) is 4.18. The van der Waals surface area contributed by atoms with Crippen molar-refractivity contribution in [1.29, 1.82) is 0 Å². The van der Waals surface area contributed by atoms with Gasteiger partial charge in [0.1, 0.15) is 5.82 Å². The van der Waals surface area contributed by atoms with Gasteiger partial charge in [-0.15, -0.1) is 0 Å². The smallest absolute Gasteiger partial charge is 0.257 e. The van der Waals surface area contributed by atoms with Gasteiger partial charge in [0, 0.05) is 11.2 Å². The highest BCUT2D eigenvalue weighted by molar-refractivity contribution is 6.37. The Bertz CT molecular complexity index is 689. The molecular weight excluding hydrogens is 321 g/mol. The molecule has 4 nitrogen and oxygen atoms in total. The molecule has 7 heteroatoms. The molecule has 0 aliphatic heterocycles. The average molecular weight is 331 g/mol. The number of rotatable bonds is 2. The number of nitrogens with two attached hydrogens (primary N) is 1. The highest BCUT2D eigenvalue weighted by atomic mass is 35.5. The van der Waals surface area contributed by atoms with E-state index in [2.05, 4.69) is 10.3 Å². The number of pyridine rings is 1. The third kappa shape index (κ3) is 3.15. The zero-order valence-corrected chi connectivity index (χ0v) is 12.6. The van der Waals surface area contributed by atoms with Gasteiger partial charge in [-0.25, -0.2) is 4.98 Å². The Morgan fingerprint density at radius 2 is 1.85 bits per heavy atom. The lowest BCUT2D eigenvalue weighted by atomic mass is 10.2.